The minimum atomic E-state index is -1.02. The second-order valence-electron chi connectivity index (χ2n) is 3.98. The molecule has 1 N–H and O–H groups in total. The molecule has 0 fully saturated rings. The summed E-state index contributed by atoms with van der Waals surface area (Å²) in [6.07, 6.45) is 1.20. The average molecular weight is 262 g/mol. The summed E-state index contributed by atoms with van der Waals surface area (Å²) in [4.78, 5) is 10.7. The van der Waals surface area contributed by atoms with Crippen LogP contribution in [0.1, 0.15) is 21.7 Å². The van der Waals surface area contributed by atoms with E-state index in [1.807, 2.05) is 24.3 Å². The third kappa shape index (κ3) is 3.59. The van der Waals surface area contributed by atoms with Gasteiger partial charge in [0, 0.05) is 7.11 Å². The van der Waals surface area contributed by atoms with Gasteiger partial charge in [-0.05, 0) is 23.8 Å². The third-order valence-corrected chi connectivity index (χ3v) is 2.49. The fraction of sp³-hybridized carbons (Fsp3) is 0.214. The Balaban J connectivity index is 1.97. The third-order valence-electron chi connectivity index (χ3n) is 2.49. The molecule has 5 heteroatoms. The SMILES string of the molecule is COCc1cccc(OCc2cc(C(=O)O)co2)c1. The van der Waals surface area contributed by atoms with Crippen LogP contribution in [0.25, 0.3) is 0 Å². The highest BCUT2D eigenvalue weighted by Gasteiger charge is 2.08. The van der Waals surface area contributed by atoms with Crippen LogP contribution in [-0.4, -0.2) is 18.2 Å². The number of hydrogen-bond acceptors (Lipinski definition) is 4. The summed E-state index contributed by atoms with van der Waals surface area (Å²) in [6.45, 7) is 0.699. The first-order valence-corrected chi connectivity index (χ1v) is 5.70. The Labute approximate surface area is 110 Å². The van der Waals surface area contributed by atoms with Crippen LogP contribution in [0.5, 0.6) is 5.75 Å². The lowest BCUT2D eigenvalue weighted by Crippen LogP contribution is -1.96. The Morgan fingerprint density at radius 3 is 2.84 bits per heavy atom. The summed E-state index contributed by atoms with van der Waals surface area (Å²) >= 11 is 0. The maximum Gasteiger partial charge on any atom is 0.338 e. The molecular weight excluding hydrogens is 248 g/mol. The fourth-order valence-electron chi connectivity index (χ4n) is 1.61. The molecule has 0 saturated heterocycles. The van der Waals surface area contributed by atoms with Gasteiger partial charge in [-0.3, -0.25) is 0 Å². The first-order valence-electron chi connectivity index (χ1n) is 5.70. The van der Waals surface area contributed by atoms with E-state index in [1.165, 1.54) is 12.3 Å². The molecule has 0 amide bonds. The molecular formula is C14H14O5. The van der Waals surface area contributed by atoms with Crippen LogP contribution < -0.4 is 4.74 Å². The monoisotopic (exact) mass is 262 g/mol. The molecule has 0 aliphatic carbocycles. The first-order chi connectivity index (χ1) is 9.19. The van der Waals surface area contributed by atoms with Crippen LogP contribution in [0.3, 0.4) is 0 Å². The minimum absolute atomic E-state index is 0.117. The predicted molar refractivity (Wildman–Crippen MR) is 67.2 cm³/mol. The van der Waals surface area contributed by atoms with E-state index < -0.39 is 5.97 Å². The molecule has 0 aliphatic rings. The van der Waals surface area contributed by atoms with Crippen molar-refractivity contribution in [3.63, 3.8) is 0 Å². The summed E-state index contributed by atoms with van der Waals surface area (Å²) < 4.78 is 15.7. The molecule has 0 saturated carbocycles. The van der Waals surface area contributed by atoms with Gasteiger partial charge in [0.2, 0.25) is 0 Å². The molecule has 2 rings (SSSR count). The van der Waals surface area contributed by atoms with Gasteiger partial charge in [0.05, 0.1) is 12.2 Å². The van der Waals surface area contributed by atoms with E-state index in [-0.39, 0.29) is 12.2 Å². The number of carboxylic acids is 1. The van der Waals surface area contributed by atoms with Crippen LogP contribution in [0.4, 0.5) is 0 Å². The molecule has 1 aromatic heterocycles. The first kappa shape index (κ1) is 13.2. The molecule has 100 valence electrons. The lowest BCUT2D eigenvalue weighted by molar-refractivity contribution is 0.0696. The van der Waals surface area contributed by atoms with Crippen molar-refractivity contribution in [2.75, 3.05) is 7.11 Å². The van der Waals surface area contributed by atoms with Crippen LogP contribution in [0, 0.1) is 0 Å². The Bertz CT molecular complexity index is 558. The molecule has 1 heterocycles. The molecule has 1 aromatic carbocycles. The normalized spacial score (nSPS) is 10.4. The van der Waals surface area contributed by atoms with E-state index in [0.717, 1.165) is 5.56 Å². The lowest BCUT2D eigenvalue weighted by atomic mass is 10.2. The minimum Gasteiger partial charge on any atom is -0.486 e. The molecule has 0 radical (unpaired) electrons. The van der Waals surface area contributed by atoms with Crippen molar-refractivity contribution in [2.24, 2.45) is 0 Å². The topological polar surface area (TPSA) is 68.9 Å². The van der Waals surface area contributed by atoms with Crippen LogP contribution in [-0.2, 0) is 18.0 Å². The summed E-state index contributed by atoms with van der Waals surface area (Å²) in [5, 5.41) is 8.76. The molecule has 0 atom stereocenters. The van der Waals surface area contributed by atoms with Crippen molar-refractivity contribution in [1.29, 1.82) is 0 Å². The smallest absolute Gasteiger partial charge is 0.338 e. The number of furan rings is 1. The number of rotatable bonds is 6. The summed E-state index contributed by atoms with van der Waals surface area (Å²) in [7, 11) is 1.63. The molecule has 0 bridgehead atoms. The van der Waals surface area contributed by atoms with E-state index in [9.17, 15) is 4.79 Å². The number of hydrogen-bond donors (Lipinski definition) is 1. The standard InChI is InChI=1S/C14H14O5/c1-17-7-10-3-2-4-12(5-10)19-9-13-6-11(8-18-13)14(15)16/h2-6,8H,7,9H2,1H3,(H,15,16). The Morgan fingerprint density at radius 1 is 1.32 bits per heavy atom. The molecule has 5 nitrogen and oxygen atoms in total. The summed E-state index contributed by atoms with van der Waals surface area (Å²) in [6, 6.07) is 8.94. The van der Waals surface area contributed by atoms with Gasteiger partial charge < -0.3 is 19.0 Å². The maximum absolute atomic E-state index is 10.7. The maximum atomic E-state index is 10.7. The van der Waals surface area contributed by atoms with Crippen LogP contribution in [0.15, 0.2) is 41.0 Å². The molecule has 19 heavy (non-hydrogen) atoms. The van der Waals surface area contributed by atoms with Gasteiger partial charge in [-0.15, -0.1) is 0 Å². The second-order valence-corrected chi connectivity index (χ2v) is 3.98. The quantitative estimate of drug-likeness (QED) is 0.866. The van der Waals surface area contributed by atoms with Crippen molar-refractivity contribution < 1.29 is 23.8 Å². The molecule has 0 unspecified atom stereocenters. The van der Waals surface area contributed by atoms with Gasteiger partial charge in [0.15, 0.2) is 0 Å². The van der Waals surface area contributed by atoms with Crippen molar-refractivity contribution in [1.82, 2.24) is 0 Å². The van der Waals surface area contributed by atoms with Gasteiger partial charge in [0.25, 0.3) is 0 Å². The van der Waals surface area contributed by atoms with E-state index in [4.69, 9.17) is 19.0 Å². The van der Waals surface area contributed by atoms with Crippen molar-refractivity contribution in [2.45, 2.75) is 13.2 Å². The van der Waals surface area contributed by atoms with Crippen LogP contribution in [0.2, 0.25) is 0 Å². The van der Waals surface area contributed by atoms with E-state index in [0.29, 0.717) is 18.1 Å². The fourth-order valence-corrected chi connectivity index (χ4v) is 1.61. The zero-order valence-corrected chi connectivity index (χ0v) is 10.5. The van der Waals surface area contributed by atoms with E-state index in [1.54, 1.807) is 7.11 Å². The lowest BCUT2D eigenvalue weighted by Gasteiger charge is -2.06. The van der Waals surface area contributed by atoms with Gasteiger partial charge in [-0.2, -0.15) is 0 Å². The summed E-state index contributed by atoms with van der Waals surface area (Å²) in [5.74, 6) is 0.134. The number of carboxylic acid groups (broad SMARTS) is 1. The molecule has 0 spiro atoms. The van der Waals surface area contributed by atoms with Gasteiger partial charge in [-0.1, -0.05) is 12.1 Å². The molecule has 2 aromatic rings. The number of aromatic carboxylic acids is 1. The van der Waals surface area contributed by atoms with Gasteiger partial charge in [0.1, 0.15) is 24.4 Å². The highest BCUT2D eigenvalue weighted by atomic mass is 16.5. The van der Waals surface area contributed by atoms with Gasteiger partial charge >= 0.3 is 5.97 Å². The highest BCUT2D eigenvalue weighted by molar-refractivity contribution is 5.87. The number of carbonyl (C=O) groups is 1. The Hall–Kier alpha value is -2.27. The zero-order chi connectivity index (χ0) is 13.7. The van der Waals surface area contributed by atoms with E-state index >= 15 is 0 Å². The van der Waals surface area contributed by atoms with Crippen molar-refractivity contribution >= 4 is 5.97 Å². The Kier molecular flexibility index (Phi) is 4.20. The number of ether oxygens (including phenoxy) is 2. The molecule has 0 aliphatic heterocycles. The number of benzene rings is 1. The van der Waals surface area contributed by atoms with E-state index in [2.05, 4.69) is 0 Å². The highest BCUT2D eigenvalue weighted by Crippen LogP contribution is 2.16. The predicted octanol–water partition coefficient (Wildman–Crippen LogP) is 2.70. The zero-order valence-electron chi connectivity index (χ0n) is 10.5. The number of methoxy groups -OCH3 is 1. The average Bonchev–Trinajstić information content (AvgIpc) is 2.86. The summed E-state index contributed by atoms with van der Waals surface area (Å²) in [5.41, 5.74) is 1.12. The van der Waals surface area contributed by atoms with Crippen molar-refractivity contribution in [3.8, 4) is 5.75 Å². The second kappa shape index (κ2) is 6.06. The van der Waals surface area contributed by atoms with Crippen molar-refractivity contribution in [3.05, 3.63) is 53.5 Å². The van der Waals surface area contributed by atoms with Crippen LogP contribution >= 0.6 is 0 Å². The Morgan fingerprint density at radius 2 is 2.16 bits per heavy atom. The van der Waals surface area contributed by atoms with Gasteiger partial charge in [-0.25, -0.2) is 4.79 Å². The largest absolute Gasteiger partial charge is 0.486 e.